The highest BCUT2D eigenvalue weighted by Crippen LogP contribution is 2.31. The molecule has 2 aromatic carbocycles. The number of primary amides is 1. The van der Waals surface area contributed by atoms with Gasteiger partial charge in [-0.25, -0.2) is 9.59 Å². The molecule has 22 heavy (non-hydrogen) atoms. The minimum Gasteiger partial charge on any atom is -0.463 e. The van der Waals surface area contributed by atoms with Gasteiger partial charge in [-0.05, 0) is 36.6 Å². The number of rotatable bonds is 2. The molecule has 0 radical (unpaired) electrons. The lowest BCUT2D eigenvalue weighted by Crippen LogP contribution is -2.35. The van der Waals surface area contributed by atoms with Crippen LogP contribution in [0.5, 0.6) is 0 Å². The van der Waals surface area contributed by atoms with Crippen molar-refractivity contribution in [1.29, 1.82) is 0 Å². The second-order valence-electron chi connectivity index (χ2n) is 4.81. The number of hydrogen-bond acceptors (Lipinski definition) is 3. The number of amides is 2. The number of carbonyl (C=O) groups is 2. The molecule has 2 amide bonds. The van der Waals surface area contributed by atoms with E-state index >= 15 is 0 Å². The first-order valence-electron chi connectivity index (χ1n) is 6.57. The molecule has 0 heterocycles. The Balaban J connectivity index is 2.53. The molecule has 0 unspecified atom stereocenters. The average Bonchev–Trinajstić information content (AvgIpc) is 2.45. The van der Waals surface area contributed by atoms with Crippen molar-refractivity contribution < 1.29 is 19.5 Å². The molecule has 0 bridgehead atoms. The van der Waals surface area contributed by atoms with E-state index in [1.54, 1.807) is 19.1 Å². The van der Waals surface area contributed by atoms with Gasteiger partial charge >= 0.3 is 12.2 Å². The van der Waals surface area contributed by atoms with Gasteiger partial charge in [-0.15, -0.1) is 5.06 Å². The highest BCUT2D eigenvalue weighted by molar-refractivity contribution is 5.89. The highest BCUT2D eigenvalue weighted by Gasteiger charge is 2.22. The largest absolute Gasteiger partial charge is 0.463 e. The Morgan fingerprint density at radius 3 is 2.41 bits per heavy atom. The molecule has 0 saturated carbocycles. The molecular formula is C16H16N2O4. The van der Waals surface area contributed by atoms with Crippen molar-refractivity contribution in [2.75, 3.05) is 5.06 Å². The number of hydrogen-bond donors (Lipinski definition) is 2. The molecule has 0 aliphatic heterocycles. The monoisotopic (exact) mass is 300 g/mol. The van der Waals surface area contributed by atoms with Crippen LogP contribution in [0.25, 0.3) is 11.1 Å². The van der Waals surface area contributed by atoms with Gasteiger partial charge in [0.2, 0.25) is 0 Å². The summed E-state index contributed by atoms with van der Waals surface area (Å²) in [5, 5.41) is 9.67. The van der Waals surface area contributed by atoms with Crippen LogP contribution in [0.4, 0.5) is 15.3 Å². The van der Waals surface area contributed by atoms with Crippen LogP contribution in [0.3, 0.4) is 0 Å². The summed E-state index contributed by atoms with van der Waals surface area (Å²) in [7, 11) is 0. The van der Waals surface area contributed by atoms with Gasteiger partial charge in [0.15, 0.2) is 0 Å². The Bertz CT molecular complexity index is 728. The summed E-state index contributed by atoms with van der Waals surface area (Å²) in [4.78, 5) is 26.7. The van der Waals surface area contributed by atoms with Crippen LogP contribution >= 0.6 is 0 Å². The summed E-state index contributed by atoms with van der Waals surface area (Å²) >= 11 is 0. The number of hydroxylamine groups is 1. The van der Waals surface area contributed by atoms with E-state index in [1.807, 2.05) is 37.3 Å². The maximum Gasteiger partial charge on any atom is 0.445 e. The first-order chi connectivity index (χ1) is 10.4. The van der Waals surface area contributed by atoms with Crippen LogP contribution < -0.4 is 10.8 Å². The maximum atomic E-state index is 11.3. The lowest BCUT2D eigenvalue weighted by molar-refractivity contribution is 0.124. The van der Waals surface area contributed by atoms with Crippen LogP contribution in [0, 0.1) is 13.8 Å². The third-order valence-corrected chi connectivity index (χ3v) is 3.21. The number of nitrogens with two attached hydrogens (primary N) is 1. The van der Waals surface area contributed by atoms with E-state index in [1.165, 1.54) is 0 Å². The average molecular weight is 300 g/mol. The molecule has 2 aromatic rings. The van der Waals surface area contributed by atoms with Crippen LogP contribution in [0.2, 0.25) is 0 Å². The molecule has 0 aliphatic carbocycles. The first kappa shape index (κ1) is 15.4. The molecule has 0 aliphatic rings. The molecule has 2 rings (SSSR count). The van der Waals surface area contributed by atoms with Gasteiger partial charge in [-0.3, -0.25) is 0 Å². The third-order valence-electron chi connectivity index (χ3n) is 3.21. The zero-order valence-electron chi connectivity index (χ0n) is 12.2. The number of carbonyl (C=O) groups excluding carboxylic acids is 1. The molecule has 6 nitrogen and oxygen atoms in total. The van der Waals surface area contributed by atoms with E-state index in [0.29, 0.717) is 10.6 Å². The molecule has 3 N–H and O–H groups in total. The Kier molecular flexibility index (Phi) is 4.31. The Labute approximate surface area is 127 Å². The summed E-state index contributed by atoms with van der Waals surface area (Å²) in [6, 6.07) is 12.9. The van der Waals surface area contributed by atoms with Gasteiger partial charge in [0, 0.05) is 0 Å². The Morgan fingerprint density at radius 2 is 1.82 bits per heavy atom. The second kappa shape index (κ2) is 6.17. The SMILES string of the molecule is Cc1cccc(-c2cccc(N(OC(N)=O)C(=O)O)c2C)c1. The van der Waals surface area contributed by atoms with Crippen LogP contribution in [0.15, 0.2) is 42.5 Å². The van der Waals surface area contributed by atoms with Gasteiger partial charge in [-0.2, -0.15) is 0 Å². The molecular weight excluding hydrogens is 284 g/mol. The summed E-state index contributed by atoms with van der Waals surface area (Å²) in [5.41, 5.74) is 8.71. The molecule has 114 valence electrons. The van der Waals surface area contributed by atoms with Crippen molar-refractivity contribution in [2.24, 2.45) is 5.73 Å². The van der Waals surface area contributed by atoms with Gasteiger partial charge in [0.05, 0.1) is 5.69 Å². The van der Waals surface area contributed by atoms with Crippen LogP contribution in [0.1, 0.15) is 11.1 Å². The predicted octanol–water partition coefficient (Wildman–Crippen LogP) is 3.47. The zero-order valence-corrected chi connectivity index (χ0v) is 12.2. The number of anilines is 1. The van der Waals surface area contributed by atoms with E-state index in [-0.39, 0.29) is 5.69 Å². The topological polar surface area (TPSA) is 92.9 Å². The molecule has 0 saturated heterocycles. The fraction of sp³-hybridized carbons (Fsp3) is 0.125. The molecule has 6 heteroatoms. The highest BCUT2D eigenvalue weighted by atomic mass is 16.7. The van der Waals surface area contributed by atoms with Gasteiger partial charge < -0.3 is 15.7 Å². The standard InChI is InChI=1S/C16H16N2O4/c1-10-5-3-6-12(9-10)13-7-4-8-14(11(13)2)18(16(20)21)22-15(17)19/h3-9H,1-2H3,(H2,17,19)(H,20,21). The van der Waals surface area contributed by atoms with Crippen molar-refractivity contribution in [3.05, 3.63) is 53.6 Å². The minimum atomic E-state index is -1.43. The van der Waals surface area contributed by atoms with Crippen molar-refractivity contribution in [3.8, 4) is 11.1 Å². The Morgan fingerprint density at radius 1 is 1.14 bits per heavy atom. The normalized spacial score (nSPS) is 10.1. The summed E-state index contributed by atoms with van der Waals surface area (Å²) < 4.78 is 0. The number of nitrogens with zero attached hydrogens (tertiary/aromatic N) is 1. The van der Waals surface area contributed by atoms with Crippen LogP contribution in [-0.4, -0.2) is 17.3 Å². The number of carboxylic acid groups (broad SMARTS) is 1. The summed E-state index contributed by atoms with van der Waals surface area (Å²) in [6.45, 7) is 3.73. The minimum absolute atomic E-state index is 0.241. The van der Waals surface area contributed by atoms with Crippen molar-refractivity contribution >= 4 is 17.9 Å². The fourth-order valence-corrected chi connectivity index (χ4v) is 2.25. The zero-order chi connectivity index (χ0) is 16.3. The smallest absolute Gasteiger partial charge is 0.445 e. The van der Waals surface area contributed by atoms with Crippen LogP contribution in [-0.2, 0) is 4.84 Å². The lowest BCUT2D eigenvalue weighted by Gasteiger charge is -2.20. The molecule has 0 atom stereocenters. The summed E-state index contributed by atoms with van der Waals surface area (Å²) in [5.74, 6) is 0. The number of benzene rings is 2. The van der Waals surface area contributed by atoms with Crippen molar-refractivity contribution in [1.82, 2.24) is 0 Å². The predicted molar refractivity (Wildman–Crippen MR) is 82.5 cm³/mol. The number of aryl methyl sites for hydroxylation is 1. The molecule has 0 fully saturated rings. The maximum absolute atomic E-state index is 11.3. The molecule has 0 spiro atoms. The molecule has 0 aromatic heterocycles. The third kappa shape index (κ3) is 3.17. The lowest BCUT2D eigenvalue weighted by atomic mass is 9.98. The van der Waals surface area contributed by atoms with E-state index in [2.05, 4.69) is 4.84 Å². The fourth-order valence-electron chi connectivity index (χ4n) is 2.25. The summed E-state index contributed by atoms with van der Waals surface area (Å²) in [6.07, 6.45) is -2.62. The quantitative estimate of drug-likeness (QED) is 0.830. The van der Waals surface area contributed by atoms with Crippen molar-refractivity contribution in [3.63, 3.8) is 0 Å². The van der Waals surface area contributed by atoms with E-state index < -0.39 is 12.2 Å². The van der Waals surface area contributed by atoms with E-state index in [9.17, 15) is 14.7 Å². The van der Waals surface area contributed by atoms with Gasteiger partial charge in [-0.1, -0.05) is 42.0 Å². The Hall–Kier alpha value is -3.02. The van der Waals surface area contributed by atoms with E-state index in [4.69, 9.17) is 5.73 Å². The second-order valence-corrected chi connectivity index (χ2v) is 4.81. The van der Waals surface area contributed by atoms with Crippen molar-refractivity contribution in [2.45, 2.75) is 13.8 Å². The van der Waals surface area contributed by atoms with Gasteiger partial charge in [0.1, 0.15) is 0 Å². The van der Waals surface area contributed by atoms with Gasteiger partial charge in [0.25, 0.3) is 0 Å². The van der Waals surface area contributed by atoms with E-state index in [0.717, 1.165) is 16.7 Å². The first-order valence-corrected chi connectivity index (χ1v) is 6.57.